The van der Waals surface area contributed by atoms with Gasteiger partial charge in [-0.15, -0.1) is 0 Å². The molecule has 0 aliphatic heterocycles. The number of guanidine groups is 1. The van der Waals surface area contributed by atoms with E-state index < -0.39 is 5.60 Å². The summed E-state index contributed by atoms with van der Waals surface area (Å²) >= 11 is 0. The molecule has 6 nitrogen and oxygen atoms in total. The predicted molar refractivity (Wildman–Crippen MR) is 109 cm³/mol. The van der Waals surface area contributed by atoms with E-state index in [4.69, 9.17) is 4.42 Å². The van der Waals surface area contributed by atoms with E-state index in [1.807, 2.05) is 39.0 Å². The fraction of sp³-hybridized carbons (Fsp3) is 0.381. The Bertz CT molecular complexity index is 904. The van der Waals surface area contributed by atoms with Gasteiger partial charge in [-0.2, -0.15) is 0 Å². The predicted octanol–water partition coefficient (Wildman–Crippen LogP) is 3.34. The molecular formula is C21H28N4O2. The van der Waals surface area contributed by atoms with Crippen LogP contribution < -0.4 is 10.6 Å². The minimum Gasteiger partial charge on any atom is -0.466 e. The zero-order valence-electron chi connectivity index (χ0n) is 16.4. The van der Waals surface area contributed by atoms with Crippen molar-refractivity contribution in [2.75, 3.05) is 13.1 Å². The topological polar surface area (TPSA) is 85.6 Å². The Morgan fingerprint density at radius 2 is 2.00 bits per heavy atom. The molecule has 0 radical (unpaired) electrons. The maximum Gasteiger partial charge on any atom is 0.191 e. The molecule has 6 heteroatoms. The number of aromatic nitrogens is 1. The highest BCUT2D eigenvalue weighted by Gasteiger charge is 2.27. The Kier molecular flexibility index (Phi) is 5.56. The van der Waals surface area contributed by atoms with Gasteiger partial charge in [0.05, 0.1) is 13.1 Å². The lowest BCUT2D eigenvalue weighted by molar-refractivity contribution is 0.0601. The first-order valence-electron chi connectivity index (χ1n) is 9.28. The summed E-state index contributed by atoms with van der Waals surface area (Å²) in [6.07, 6.45) is 0. The molecule has 0 bridgehead atoms. The van der Waals surface area contributed by atoms with E-state index in [0.29, 0.717) is 19.0 Å². The first kappa shape index (κ1) is 19.0. The number of hydrogen-bond donors (Lipinski definition) is 4. The third kappa shape index (κ3) is 4.52. The average molecular weight is 368 g/mol. The fourth-order valence-corrected chi connectivity index (χ4v) is 3.24. The van der Waals surface area contributed by atoms with Gasteiger partial charge < -0.3 is 25.1 Å². The molecule has 0 amide bonds. The number of nitrogens with one attached hydrogen (secondary N) is 3. The molecule has 3 rings (SSSR count). The van der Waals surface area contributed by atoms with Crippen molar-refractivity contribution in [3.63, 3.8) is 0 Å². The molecule has 3 aromatic rings. The van der Waals surface area contributed by atoms with Crippen LogP contribution in [-0.4, -0.2) is 29.1 Å². The summed E-state index contributed by atoms with van der Waals surface area (Å²) < 4.78 is 5.55. The van der Waals surface area contributed by atoms with Gasteiger partial charge in [-0.25, -0.2) is 4.99 Å². The number of aliphatic imine (C=N–C) groups is 1. The van der Waals surface area contributed by atoms with Crippen molar-refractivity contribution in [2.24, 2.45) is 4.99 Å². The third-order valence-corrected chi connectivity index (χ3v) is 4.56. The molecule has 0 fully saturated rings. The first-order chi connectivity index (χ1) is 12.9. The van der Waals surface area contributed by atoms with Crippen LogP contribution in [0, 0.1) is 13.8 Å². The van der Waals surface area contributed by atoms with Crippen molar-refractivity contribution in [1.29, 1.82) is 0 Å². The third-order valence-electron chi connectivity index (χ3n) is 4.56. The van der Waals surface area contributed by atoms with Gasteiger partial charge in [0.25, 0.3) is 0 Å². The molecule has 1 atom stereocenters. The normalized spacial score (nSPS) is 14.3. The van der Waals surface area contributed by atoms with Crippen molar-refractivity contribution in [3.8, 4) is 0 Å². The SMILES string of the molecule is CCNC(=NCc1cc2ccccc2[nH]1)NCC(C)(O)c1cc(C)oc1C. The minimum atomic E-state index is -1.06. The molecule has 0 aliphatic rings. The second-order valence-corrected chi connectivity index (χ2v) is 7.03. The monoisotopic (exact) mass is 368 g/mol. The molecule has 1 unspecified atom stereocenters. The Labute approximate surface area is 159 Å². The van der Waals surface area contributed by atoms with Crippen molar-refractivity contribution >= 4 is 16.9 Å². The second kappa shape index (κ2) is 7.88. The molecule has 27 heavy (non-hydrogen) atoms. The number of nitrogens with zero attached hydrogens (tertiary/aromatic N) is 1. The summed E-state index contributed by atoms with van der Waals surface area (Å²) in [6, 6.07) is 12.2. The van der Waals surface area contributed by atoms with Crippen LogP contribution in [0.2, 0.25) is 0 Å². The Morgan fingerprint density at radius 3 is 2.67 bits per heavy atom. The van der Waals surface area contributed by atoms with Gasteiger partial charge in [0.15, 0.2) is 5.96 Å². The molecule has 0 aliphatic carbocycles. The number of fused-ring (bicyclic) bond motifs is 1. The average Bonchev–Trinajstić information content (AvgIpc) is 3.19. The highest BCUT2D eigenvalue weighted by molar-refractivity contribution is 5.81. The number of H-pyrrole nitrogens is 1. The summed E-state index contributed by atoms with van der Waals surface area (Å²) in [5.41, 5.74) is 1.88. The van der Waals surface area contributed by atoms with E-state index in [1.54, 1.807) is 6.92 Å². The fourth-order valence-electron chi connectivity index (χ4n) is 3.24. The summed E-state index contributed by atoms with van der Waals surface area (Å²) in [6.45, 7) is 9.13. The van der Waals surface area contributed by atoms with Gasteiger partial charge in [-0.3, -0.25) is 0 Å². The number of aromatic amines is 1. The van der Waals surface area contributed by atoms with E-state index >= 15 is 0 Å². The quantitative estimate of drug-likeness (QED) is 0.397. The maximum absolute atomic E-state index is 10.9. The van der Waals surface area contributed by atoms with Gasteiger partial charge in [0.2, 0.25) is 0 Å². The number of para-hydroxylation sites is 1. The van der Waals surface area contributed by atoms with Crippen LogP contribution in [0.25, 0.3) is 10.9 Å². The lowest BCUT2D eigenvalue weighted by atomic mass is 9.96. The smallest absolute Gasteiger partial charge is 0.191 e. The minimum absolute atomic E-state index is 0.325. The van der Waals surface area contributed by atoms with Crippen LogP contribution >= 0.6 is 0 Å². The highest BCUT2D eigenvalue weighted by atomic mass is 16.3. The van der Waals surface area contributed by atoms with E-state index in [-0.39, 0.29) is 0 Å². The van der Waals surface area contributed by atoms with Crippen molar-refractivity contribution < 1.29 is 9.52 Å². The van der Waals surface area contributed by atoms with Gasteiger partial charge in [-0.05, 0) is 51.3 Å². The zero-order valence-corrected chi connectivity index (χ0v) is 16.4. The van der Waals surface area contributed by atoms with E-state index in [1.165, 1.54) is 5.39 Å². The van der Waals surface area contributed by atoms with Crippen LogP contribution in [-0.2, 0) is 12.1 Å². The molecule has 2 heterocycles. The van der Waals surface area contributed by atoms with Crippen LogP contribution in [0.4, 0.5) is 0 Å². The van der Waals surface area contributed by atoms with Gasteiger partial charge in [-0.1, -0.05) is 18.2 Å². The van der Waals surface area contributed by atoms with Crippen molar-refractivity contribution in [2.45, 2.75) is 39.8 Å². The lowest BCUT2D eigenvalue weighted by Gasteiger charge is -2.24. The van der Waals surface area contributed by atoms with Crippen LogP contribution in [0.3, 0.4) is 0 Å². The molecule has 0 spiro atoms. The molecule has 0 saturated carbocycles. The molecular weight excluding hydrogens is 340 g/mol. The molecule has 4 N–H and O–H groups in total. The summed E-state index contributed by atoms with van der Waals surface area (Å²) in [5.74, 6) is 2.19. The Hall–Kier alpha value is -2.73. The Morgan fingerprint density at radius 1 is 1.22 bits per heavy atom. The highest BCUT2D eigenvalue weighted by Crippen LogP contribution is 2.26. The van der Waals surface area contributed by atoms with Gasteiger partial charge in [0.1, 0.15) is 17.1 Å². The number of aryl methyl sites for hydroxylation is 2. The standard InChI is InChI=1S/C21H28N4O2/c1-5-22-20(23-12-17-11-16-8-6-7-9-19(16)25-17)24-13-21(4,26)18-10-14(2)27-15(18)3/h6-11,25-26H,5,12-13H2,1-4H3,(H2,22,23,24). The zero-order chi connectivity index (χ0) is 19.4. The van der Waals surface area contributed by atoms with Gasteiger partial charge >= 0.3 is 0 Å². The van der Waals surface area contributed by atoms with E-state index in [0.717, 1.165) is 34.8 Å². The van der Waals surface area contributed by atoms with Crippen LogP contribution in [0.1, 0.15) is 36.6 Å². The molecule has 0 saturated heterocycles. The largest absolute Gasteiger partial charge is 0.466 e. The number of rotatable bonds is 6. The van der Waals surface area contributed by atoms with E-state index in [2.05, 4.69) is 38.8 Å². The maximum atomic E-state index is 10.9. The molecule has 1 aromatic carbocycles. The number of furan rings is 1. The second-order valence-electron chi connectivity index (χ2n) is 7.03. The number of benzene rings is 1. The summed E-state index contributed by atoms with van der Waals surface area (Å²) in [5, 5.41) is 18.5. The molecule has 144 valence electrons. The Balaban J connectivity index is 1.69. The van der Waals surface area contributed by atoms with Crippen molar-refractivity contribution in [3.05, 3.63) is 59.2 Å². The summed E-state index contributed by atoms with van der Waals surface area (Å²) in [7, 11) is 0. The summed E-state index contributed by atoms with van der Waals surface area (Å²) in [4.78, 5) is 8.01. The van der Waals surface area contributed by atoms with Gasteiger partial charge in [0, 0.05) is 23.3 Å². The van der Waals surface area contributed by atoms with E-state index in [9.17, 15) is 5.11 Å². The van der Waals surface area contributed by atoms with Crippen LogP contribution in [0.5, 0.6) is 0 Å². The number of aliphatic hydroxyl groups is 1. The molecule has 2 aromatic heterocycles. The van der Waals surface area contributed by atoms with Crippen LogP contribution in [0.15, 0.2) is 45.8 Å². The van der Waals surface area contributed by atoms with Crippen molar-refractivity contribution in [1.82, 2.24) is 15.6 Å². The first-order valence-corrected chi connectivity index (χ1v) is 9.28. The lowest BCUT2D eigenvalue weighted by Crippen LogP contribution is -2.44. The number of hydrogen-bond acceptors (Lipinski definition) is 3.